The molecule has 0 bridgehead atoms. The van der Waals surface area contributed by atoms with Crippen LogP contribution in [-0.2, 0) is 25.9 Å². The van der Waals surface area contributed by atoms with E-state index < -0.39 is 5.97 Å². The summed E-state index contributed by atoms with van der Waals surface area (Å²) in [5.41, 5.74) is 0.851. The lowest BCUT2D eigenvalue weighted by Crippen LogP contribution is -2.25. The number of hydrogen-bond donors (Lipinski definition) is 0. The molecule has 0 heterocycles. The van der Waals surface area contributed by atoms with Gasteiger partial charge in [0.2, 0.25) is 0 Å². The molecule has 0 aliphatic carbocycles. The highest BCUT2D eigenvalue weighted by Crippen LogP contribution is 2.02. The van der Waals surface area contributed by atoms with Crippen molar-refractivity contribution in [2.24, 2.45) is 0 Å². The third-order valence-electron chi connectivity index (χ3n) is 1.63. The maximum atomic E-state index is 10.8. The van der Waals surface area contributed by atoms with Crippen LogP contribution in [0.4, 0.5) is 0 Å². The normalized spacial score (nSPS) is 9.25. The van der Waals surface area contributed by atoms with Gasteiger partial charge in [-0.15, -0.1) is 0 Å². The van der Waals surface area contributed by atoms with E-state index in [0.29, 0.717) is 5.23 Å². The predicted octanol–water partition coefficient (Wildman–Crippen LogP) is 1.22. The molecule has 1 aromatic rings. The Labute approximate surface area is 92.8 Å². The Kier molecular flexibility index (Phi) is 4.75. The Morgan fingerprint density at radius 3 is 2.62 bits per heavy atom. The van der Waals surface area contributed by atoms with Crippen LogP contribution in [-0.4, -0.2) is 17.6 Å². The maximum Gasteiger partial charge on any atom is 0.358 e. The quantitative estimate of drug-likeness (QED) is 0.411. The molecule has 5 heteroatoms. The first-order valence-corrected chi connectivity index (χ1v) is 4.52. The highest BCUT2D eigenvalue weighted by molar-refractivity contribution is 5.81. The van der Waals surface area contributed by atoms with Crippen LogP contribution in [0.2, 0.25) is 0 Å². The molecule has 0 saturated heterocycles. The van der Waals surface area contributed by atoms with Gasteiger partial charge in [-0.2, -0.15) is 0 Å². The second kappa shape index (κ2) is 6.36. The van der Waals surface area contributed by atoms with E-state index in [2.05, 4.69) is 11.4 Å². The molecule has 0 radical (unpaired) electrons. The summed E-state index contributed by atoms with van der Waals surface area (Å²) in [7, 11) is 0. The van der Waals surface area contributed by atoms with Crippen molar-refractivity contribution in [3.05, 3.63) is 48.6 Å². The molecule has 0 aliphatic rings. The molecule has 0 fully saturated rings. The van der Waals surface area contributed by atoms with Gasteiger partial charge < -0.3 is 4.84 Å². The van der Waals surface area contributed by atoms with Crippen molar-refractivity contribution in [1.29, 1.82) is 0 Å². The van der Waals surface area contributed by atoms with Gasteiger partial charge in [-0.25, -0.2) is 9.63 Å². The number of hydrogen-bond acceptors (Lipinski definition) is 4. The van der Waals surface area contributed by atoms with E-state index in [9.17, 15) is 9.59 Å². The van der Waals surface area contributed by atoms with E-state index in [-0.39, 0.29) is 13.0 Å². The van der Waals surface area contributed by atoms with Gasteiger partial charge in [0, 0.05) is 6.08 Å². The second-order valence-electron chi connectivity index (χ2n) is 2.76. The molecule has 0 saturated carbocycles. The molecule has 1 aromatic carbocycles. The molecule has 1 rings (SSSR count). The number of hydroxylamine groups is 2. The van der Waals surface area contributed by atoms with Crippen LogP contribution in [0.25, 0.3) is 0 Å². The van der Waals surface area contributed by atoms with Gasteiger partial charge in [0.1, 0.15) is 6.61 Å². The predicted molar refractivity (Wildman–Crippen MR) is 55.4 cm³/mol. The Morgan fingerprint density at radius 1 is 1.38 bits per heavy atom. The van der Waals surface area contributed by atoms with Gasteiger partial charge in [-0.05, 0) is 10.8 Å². The van der Waals surface area contributed by atoms with E-state index in [4.69, 9.17) is 4.84 Å². The van der Waals surface area contributed by atoms with Gasteiger partial charge in [0.05, 0.1) is 0 Å². The Bertz CT molecular complexity index is 364. The van der Waals surface area contributed by atoms with Crippen molar-refractivity contribution in [2.45, 2.75) is 6.61 Å². The monoisotopic (exact) mass is 221 g/mol. The van der Waals surface area contributed by atoms with Crippen molar-refractivity contribution in [3.8, 4) is 0 Å². The van der Waals surface area contributed by atoms with Crippen LogP contribution in [0.15, 0.2) is 43.0 Å². The fourth-order valence-corrected chi connectivity index (χ4v) is 0.917. The molecular weight excluding hydrogens is 210 g/mol. The van der Waals surface area contributed by atoms with Gasteiger partial charge >= 0.3 is 5.97 Å². The molecule has 1 amide bonds. The average molecular weight is 221 g/mol. The maximum absolute atomic E-state index is 10.8. The minimum Gasteiger partial charge on any atom is -0.308 e. The van der Waals surface area contributed by atoms with Gasteiger partial charge in [0.15, 0.2) is 0 Å². The summed E-state index contributed by atoms with van der Waals surface area (Å²) in [6.07, 6.45) is 1.19. The van der Waals surface area contributed by atoms with Crippen molar-refractivity contribution in [1.82, 2.24) is 5.23 Å². The Morgan fingerprint density at radius 2 is 2.06 bits per heavy atom. The van der Waals surface area contributed by atoms with Crippen molar-refractivity contribution < 1.29 is 19.3 Å². The number of amides is 1. The van der Waals surface area contributed by atoms with Crippen molar-refractivity contribution in [3.63, 3.8) is 0 Å². The minimum atomic E-state index is -0.764. The molecule has 0 aromatic heterocycles. The lowest BCUT2D eigenvalue weighted by molar-refractivity contribution is -0.317. The topological polar surface area (TPSA) is 55.8 Å². The molecule has 0 aliphatic heterocycles. The van der Waals surface area contributed by atoms with Gasteiger partial charge in [0.25, 0.3) is 6.41 Å². The first-order chi connectivity index (χ1) is 7.76. The van der Waals surface area contributed by atoms with E-state index in [1.54, 1.807) is 0 Å². The summed E-state index contributed by atoms with van der Waals surface area (Å²) in [6.45, 7) is 3.32. The lowest BCUT2D eigenvalue weighted by atomic mass is 10.2. The molecule has 0 unspecified atom stereocenters. The fraction of sp³-hybridized carbons (Fsp3) is 0.0909. The standard InChI is InChI=1S/C11H11NO4/c1-2-11(14)16-12(9-13)15-8-10-6-4-3-5-7-10/h2-7,9H,1,8H2. The van der Waals surface area contributed by atoms with Crippen LogP contribution in [0.3, 0.4) is 0 Å². The lowest BCUT2D eigenvalue weighted by Gasteiger charge is -2.13. The third kappa shape index (κ3) is 3.93. The van der Waals surface area contributed by atoms with Crippen LogP contribution in [0, 0.1) is 0 Å². The number of nitrogens with zero attached hydrogens (tertiary/aromatic N) is 1. The fourth-order valence-electron chi connectivity index (χ4n) is 0.917. The van der Waals surface area contributed by atoms with Crippen LogP contribution in [0.1, 0.15) is 5.56 Å². The Balaban J connectivity index is 2.43. The second-order valence-corrected chi connectivity index (χ2v) is 2.76. The molecule has 0 atom stereocenters. The zero-order chi connectivity index (χ0) is 11.8. The van der Waals surface area contributed by atoms with Crippen molar-refractivity contribution >= 4 is 12.4 Å². The molecule has 0 spiro atoms. The summed E-state index contributed by atoms with van der Waals surface area (Å²) < 4.78 is 0. The summed E-state index contributed by atoms with van der Waals surface area (Å²) in [6, 6.07) is 9.16. The van der Waals surface area contributed by atoms with E-state index in [1.807, 2.05) is 30.3 Å². The zero-order valence-corrected chi connectivity index (χ0v) is 8.54. The Hall–Kier alpha value is -2.14. The number of carbonyl (C=O) groups excluding carboxylic acids is 2. The first-order valence-electron chi connectivity index (χ1n) is 4.52. The summed E-state index contributed by atoms with van der Waals surface area (Å²) in [5.74, 6) is -0.764. The average Bonchev–Trinajstić information content (AvgIpc) is 2.35. The SMILES string of the molecule is C=CC(=O)ON(C=O)OCc1ccccc1. The molecule has 16 heavy (non-hydrogen) atoms. The minimum absolute atomic E-state index is 0.129. The smallest absolute Gasteiger partial charge is 0.308 e. The summed E-state index contributed by atoms with van der Waals surface area (Å²) in [5, 5.41) is 0.455. The highest BCUT2D eigenvalue weighted by Gasteiger charge is 2.07. The van der Waals surface area contributed by atoms with Gasteiger partial charge in [-0.1, -0.05) is 36.9 Å². The molecule has 0 N–H and O–H groups in total. The van der Waals surface area contributed by atoms with E-state index in [1.165, 1.54) is 0 Å². The number of rotatable bonds is 6. The molecule has 84 valence electrons. The van der Waals surface area contributed by atoms with Crippen LogP contribution < -0.4 is 0 Å². The largest absolute Gasteiger partial charge is 0.358 e. The number of carbonyl (C=O) groups is 2. The van der Waals surface area contributed by atoms with E-state index in [0.717, 1.165) is 11.6 Å². The highest BCUT2D eigenvalue weighted by atomic mass is 17.0. The van der Waals surface area contributed by atoms with Crippen LogP contribution in [0.5, 0.6) is 0 Å². The third-order valence-corrected chi connectivity index (χ3v) is 1.63. The first kappa shape index (κ1) is 11.9. The zero-order valence-electron chi connectivity index (χ0n) is 8.54. The van der Waals surface area contributed by atoms with E-state index >= 15 is 0 Å². The van der Waals surface area contributed by atoms with Gasteiger partial charge in [-0.3, -0.25) is 4.79 Å². The summed E-state index contributed by atoms with van der Waals surface area (Å²) in [4.78, 5) is 30.6. The molecule has 5 nitrogen and oxygen atoms in total. The van der Waals surface area contributed by atoms with Crippen LogP contribution >= 0.6 is 0 Å². The number of benzene rings is 1. The summed E-state index contributed by atoms with van der Waals surface area (Å²) >= 11 is 0. The molecular formula is C11H11NO4. The van der Waals surface area contributed by atoms with Crippen molar-refractivity contribution in [2.75, 3.05) is 0 Å².